The van der Waals surface area contributed by atoms with Crippen molar-refractivity contribution < 1.29 is 38.1 Å². The second-order valence-electron chi connectivity index (χ2n) is 10.9. The topological polar surface area (TPSA) is 105 Å². The lowest BCUT2D eigenvalue weighted by Gasteiger charge is -2.64. The number of carbonyl (C=O) groups is 4. The lowest BCUT2D eigenvalue weighted by atomic mass is 9.40. The third-order valence-electron chi connectivity index (χ3n) is 8.76. The van der Waals surface area contributed by atoms with Crippen LogP contribution in [0.15, 0.2) is 34.8 Å². The van der Waals surface area contributed by atoms with Crippen molar-refractivity contribution in [2.45, 2.75) is 60.2 Å². The summed E-state index contributed by atoms with van der Waals surface area (Å²) in [4.78, 5) is 53.7. The maximum atomic E-state index is 14.0. The second kappa shape index (κ2) is 8.35. The Morgan fingerprint density at radius 1 is 1.14 bits per heavy atom. The van der Waals surface area contributed by atoms with Crippen LogP contribution in [0.3, 0.4) is 0 Å². The van der Waals surface area contributed by atoms with Crippen LogP contribution in [-0.4, -0.2) is 49.9 Å². The molecule has 4 aliphatic rings. The summed E-state index contributed by atoms with van der Waals surface area (Å²) in [7, 11) is 2.85. The zero-order valence-corrected chi connectivity index (χ0v) is 21.6. The average Bonchev–Trinajstić information content (AvgIpc) is 2.76. The van der Waals surface area contributed by atoms with Crippen molar-refractivity contribution in [2.75, 3.05) is 14.2 Å². The first kappa shape index (κ1) is 25.2. The van der Waals surface area contributed by atoms with Gasteiger partial charge in [-0.3, -0.25) is 9.59 Å². The summed E-state index contributed by atoms with van der Waals surface area (Å²) >= 11 is 0. The number of allylic oxidation sites excluding steroid dienone is 4. The van der Waals surface area contributed by atoms with Gasteiger partial charge in [-0.05, 0) is 50.7 Å². The summed E-state index contributed by atoms with van der Waals surface area (Å²) in [5.74, 6) is -3.44. The largest absolute Gasteiger partial charge is 0.493 e. The van der Waals surface area contributed by atoms with Gasteiger partial charge in [0, 0.05) is 28.7 Å². The highest BCUT2D eigenvalue weighted by Gasteiger charge is 2.74. The molecular weight excluding hydrogens is 452 g/mol. The molecule has 0 bridgehead atoms. The number of hydrogen-bond acceptors (Lipinski definition) is 8. The van der Waals surface area contributed by atoms with Gasteiger partial charge in [-0.1, -0.05) is 26.3 Å². The van der Waals surface area contributed by atoms with E-state index in [2.05, 4.69) is 0 Å². The average molecular weight is 487 g/mol. The SMILES string of the molecule is COC1=C[C@@H](C)[C@@H]2C[C@H]3OC(=O)[C@H](OC(=O)C=C(C)C)[C@H]4C(C)=C(OC)C(=O)[C@H]([C@@]2(C)C1=O)[C@]43C. The smallest absolute Gasteiger partial charge is 0.348 e. The first-order valence-electron chi connectivity index (χ1n) is 12.0. The molecule has 0 unspecified atom stereocenters. The van der Waals surface area contributed by atoms with Gasteiger partial charge in [0.1, 0.15) is 6.10 Å². The monoisotopic (exact) mass is 486 g/mol. The number of Topliss-reactive ketones (excluding diaryl/α,β-unsaturated/α-hetero) is 2. The van der Waals surface area contributed by atoms with Crippen LogP contribution in [0.25, 0.3) is 0 Å². The van der Waals surface area contributed by atoms with E-state index in [1.165, 1.54) is 20.3 Å². The minimum Gasteiger partial charge on any atom is -0.493 e. The number of carbonyl (C=O) groups excluding carboxylic acids is 4. The standard InChI is InChI=1S/C27H34O8/c1-12(2)9-18(28)35-22-19-14(4)21(33-8)20(29)23-26(5)15(13(3)10-16(32-7)24(26)30)11-17(27(19,23)6)34-25(22)31/h9-10,13,15,17,19,22-23H,11H2,1-8H3/t13-,15+,17-,19-,22-,23-,26+,27+/m1/s1. The van der Waals surface area contributed by atoms with Crippen LogP contribution in [0.1, 0.15) is 48.0 Å². The molecule has 3 aliphatic carbocycles. The zero-order valence-electron chi connectivity index (χ0n) is 21.6. The Morgan fingerprint density at radius 2 is 1.80 bits per heavy atom. The molecule has 0 spiro atoms. The number of methoxy groups -OCH3 is 2. The number of esters is 2. The van der Waals surface area contributed by atoms with E-state index in [9.17, 15) is 19.2 Å². The summed E-state index contributed by atoms with van der Waals surface area (Å²) in [6.45, 7) is 10.9. The molecule has 0 aromatic rings. The Kier molecular flexibility index (Phi) is 6.01. The Bertz CT molecular complexity index is 1090. The summed E-state index contributed by atoms with van der Waals surface area (Å²) in [5.41, 5.74) is -0.876. The van der Waals surface area contributed by atoms with Crippen LogP contribution in [0.2, 0.25) is 0 Å². The summed E-state index contributed by atoms with van der Waals surface area (Å²) in [6, 6.07) is 0. The van der Waals surface area contributed by atoms with Gasteiger partial charge in [0.05, 0.1) is 14.2 Å². The van der Waals surface area contributed by atoms with Crippen molar-refractivity contribution in [1.29, 1.82) is 0 Å². The molecule has 0 radical (unpaired) electrons. The van der Waals surface area contributed by atoms with Crippen LogP contribution >= 0.6 is 0 Å². The van der Waals surface area contributed by atoms with Crippen molar-refractivity contribution in [3.8, 4) is 0 Å². The first-order valence-corrected chi connectivity index (χ1v) is 12.0. The Labute approximate surface area is 205 Å². The number of hydrogen-bond donors (Lipinski definition) is 0. The molecule has 0 N–H and O–H groups in total. The van der Waals surface area contributed by atoms with Crippen molar-refractivity contribution in [2.24, 2.45) is 34.5 Å². The van der Waals surface area contributed by atoms with E-state index in [4.69, 9.17) is 18.9 Å². The van der Waals surface area contributed by atoms with Gasteiger partial charge in [0.15, 0.2) is 11.5 Å². The molecule has 1 aliphatic heterocycles. The van der Waals surface area contributed by atoms with Crippen LogP contribution < -0.4 is 0 Å². The predicted octanol–water partition coefficient (Wildman–Crippen LogP) is 3.31. The lowest BCUT2D eigenvalue weighted by Crippen LogP contribution is -2.72. The van der Waals surface area contributed by atoms with Crippen LogP contribution in [0, 0.1) is 34.5 Å². The van der Waals surface area contributed by atoms with Gasteiger partial charge in [0.2, 0.25) is 17.7 Å². The van der Waals surface area contributed by atoms with Gasteiger partial charge in [-0.15, -0.1) is 0 Å². The molecule has 8 nitrogen and oxygen atoms in total. The minimum absolute atomic E-state index is 0.0895. The van der Waals surface area contributed by atoms with Crippen LogP contribution in [-0.2, 0) is 38.1 Å². The molecule has 190 valence electrons. The minimum atomic E-state index is -1.27. The molecule has 1 saturated carbocycles. The molecule has 0 aromatic carbocycles. The van der Waals surface area contributed by atoms with Crippen molar-refractivity contribution >= 4 is 23.5 Å². The molecule has 0 amide bonds. The maximum Gasteiger partial charge on any atom is 0.348 e. The fraction of sp³-hybridized carbons (Fsp3) is 0.630. The molecule has 8 heteroatoms. The highest BCUT2D eigenvalue weighted by atomic mass is 16.6. The Balaban J connectivity index is 1.94. The van der Waals surface area contributed by atoms with E-state index in [1.54, 1.807) is 26.8 Å². The van der Waals surface area contributed by atoms with Crippen molar-refractivity contribution in [3.63, 3.8) is 0 Å². The highest BCUT2D eigenvalue weighted by molar-refractivity contribution is 6.07. The second-order valence-corrected chi connectivity index (χ2v) is 10.9. The number of ether oxygens (including phenoxy) is 4. The highest BCUT2D eigenvalue weighted by Crippen LogP contribution is 2.67. The maximum absolute atomic E-state index is 14.0. The van der Waals surface area contributed by atoms with Gasteiger partial charge in [-0.2, -0.15) is 0 Å². The number of rotatable bonds is 4. The van der Waals surface area contributed by atoms with E-state index in [0.717, 1.165) is 5.57 Å². The Morgan fingerprint density at radius 3 is 2.37 bits per heavy atom. The molecular formula is C27H34O8. The molecule has 0 aromatic heterocycles. The normalized spacial score (nSPS) is 40.1. The fourth-order valence-corrected chi connectivity index (χ4v) is 7.40. The quantitative estimate of drug-likeness (QED) is 0.440. The number of fused-ring (bicyclic) bond motifs is 2. The third-order valence-corrected chi connectivity index (χ3v) is 8.76. The van der Waals surface area contributed by atoms with Gasteiger partial charge in [-0.25, -0.2) is 9.59 Å². The molecule has 4 rings (SSSR count). The lowest BCUT2D eigenvalue weighted by molar-refractivity contribution is -0.237. The zero-order chi connectivity index (χ0) is 26.0. The Hall–Kier alpha value is -2.90. The predicted molar refractivity (Wildman–Crippen MR) is 124 cm³/mol. The number of ketones is 2. The molecule has 35 heavy (non-hydrogen) atoms. The van der Waals surface area contributed by atoms with E-state index in [1.807, 2.05) is 20.8 Å². The van der Waals surface area contributed by atoms with Gasteiger partial charge in [0.25, 0.3) is 0 Å². The van der Waals surface area contributed by atoms with Crippen molar-refractivity contribution in [3.05, 3.63) is 34.8 Å². The summed E-state index contributed by atoms with van der Waals surface area (Å²) in [6.07, 6.45) is 1.60. The first-order chi connectivity index (χ1) is 16.3. The molecule has 2 fully saturated rings. The fourth-order valence-electron chi connectivity index (χ4n) is 7.40. The third kappa shape index (κ3) is 3.32. The van der Waals surface area contributed by atoms with Gasteiger partial charge < -0.3 is 18.9 Å². The van der Waals surface area contributed by atoms with E-state index >= 15 is 0 Å². The molecule has 1 heterocycles. The molecule has 8 atom stereocenters. The summed E-state index contributed by atoms with van der Waals surface area (Å²) in [5, 5.41) is 0. The van der Waals surface area contributed by atoms with Crippen LogP contribution in [0.4, 0.5) is 0 Å². The molecule has 1 saturated heterocycles. The van der Waals surface area contributed by atoms with E-state index < -0.39 is 46.8 Å². The van der Waals surface area contributed by atoms with E-state index in [-0.39, 0.29) is 34.9 Å². The summed E-state index contributed by atoms with van der Waals surface area (Å²) < 4.78 is 22.6. The van der Waals surface area contributed by atoms with Crippen molar-refractivity contribution in [1.82, 2.24) is 0 Å². The van der Waals surface area contributed by atoms with Gasteiger partial charge >= 0.3 is 11.9 Å². The van der Waals surface area contributed by atoms with E-state index in [0.29, 0.717) is 12.0 Å². The van der Waals surface area contributed by atoms with Crippen LogP contribution in [0.5, 0.6) is 0 Å².